The fourth-order valence-electron chi connectivity index (χ4n) is 1.76. The SMILES string of the molecule is Nc1ccc(C(=O)Nc2ccc3oc(=O)[nH]c3c2)nc1. The Bertz CT molecular complexity index is 833. The predicted octanol–water partition coefficient (Wildman–Crippen LogP) is 1.35. The van der Waals surface area contributed by atoms with Crippen molar-refractivity contribution in [2.24, 2.45) is 0 Å². The summed E-state index contributed by atoms with van der Waals surface area (Å²) in [7, 11) is 0. The summed E-state index contributed by atoms with van der Waals surface area (Å²) < 4.78 is 4.88. The maximum Gasteiger partial charge on any atom is 0.417 e. The number of nitrogens with one attached hydrogen (secondary N) is 2. The number of fused-ring (bicyclic) bond motifs is 1. The van der Waals surface area contributed by atoms with Crippen LogP contribution in [-0.4, -0.2) is 15.9 Å². The van der Waals surface area contributed by atoms with Gasteiger partial charge in [0.05, 0.1) is 17.4 Å². The van der Waals surface area contributed by atoms with Crippen LogP contribution in [0.15, 0.2) is 45.7 Å². The quantitative estimate of drug-likeness (QED) is 0.650. The van der Waals surface area contributed by atoms with Crippen molar-refractivity contribution in [1.82, 2.24) is 9.97 Å². The first-order chi connectivity index (χ1) is 9.61. The summed E-state index contributed by atoms with van der Waals surface area (Å²) in [4.78, 5) is 29.4. The Hall–Kier alpha value is -3.09. The molecule has 0 aliphatic rings. The number of hydrogen-bond donors (Lipinski definition) is 3. The van der Waals surface area contributed by atoms with E-state index >= 15 is 0 Å². The van der Waals surface area contributed by atoms with Gasteiger partial charge in [-0.2, -0.15) is 0 Å². The monoisotopic (exact) mass is 270 g/mol. The molecule has 7 nitrogen and oxygen atoms in total. The summed E-state index contributed by atoms with van der Waals surface area (Å²) in [5.74, 6) is -0.904. The fourth-order valence-corrected chi connectivity index (χ4v) is 1.76. The third-order valence-electron chi connectivity index (χ3n) is 2.70. The van der Waals surface area contributed by atoms with E-state index in [4.69, 9.17) is 10.2 Å². The molecule has 0 spiro atoms. The maximum atomic E-state index is 12.0. The smallest absolute Gasteiger partial charge is 0.408 e. The van der Waals surface area contributed by atoms with Crippen molar-refractivity contribution < 1.29 is 9.21 Å². The van der Waals surface area contributed by atoms with Crippen LogP contribution < -0.4 is 16.8 Å². The lowest BCUT2D eigenvalue weighted by atomic mass is 10.2. The number of nitrogens with zero attached hydrogens (tertiary/aromatic N) is 1. The molecule has 0 saturated carbocycles. The second-order valence-corrected chi connectivity index (χ2v) is 4.16. The number of nitrogens with two attached hydrogens (primary N) is 1. The number of oxazole rings is 1. The summed E-state index contributed by atoms with van der Waals surface area (Å²) in [6.45, 7) is 0. The highest BCUT2D eigenvalue weighted by Crippen LogP contribution is 2.16. The Labute approximate surface area is 112 Å². The molecule has 1 amide bonds. The number of hydrogen-bond acceptors (Lipinski definition) is 5. The highest BCUT2D eigenvalue weighted by atomic mass is 16.4. The van der Waals surface area contributed by atoms with E-state index in [-0.39, 0.29) is 11.6 Å². The van der Waals surface area contributed by atoms with E-state index in [0.717, 1.165) is 0 Å². The van der Waals surface area contributed by atoms with Gasteiger partial charge in [-0.25, -0.2) is 9.78 Å². The van der Waals surface area contributed by atoms with Crippen molar-refractivity contribution in [1.29, 1.82) is 0 Å². The lowest BCUT2D eigenvalue weighted by Crippen LogP contribution is -2.13. The van der Waals surface area contributed by atoms with Crippen LogP contribution in [0.1, 0.15) is 10.5 Å². The second-order valence-electron chi connectivity index (χ2n) is 4.16. The standard InChI is InChI=1S/C13H10N4O3/c14-7-1-3-9(15-6-7)12(18)16-8-2-4-11-10(5-8)17-13(19)20-11/h1-6H,14H2,(H,16,18)(H,17,19). The van der Waals surface area contributed by atoms with E-state index in [9.17, 15) is 9.59 Å². The molecule has 0 bridgehead atoms. The van der Waals surface area contributed by atoms with Crippen LogP contribution in [0.3, 0.4) is 0 Å². The molecule has 3 aromatic rings. The molecule has 2 aromatic heterocycles. The minimum Gasteiger partial charge on any atom is -0.408 e. The summed E-state index contributed by atoms with van der Waals surface area (Å²) in [6.07, 6.45) is 1.41. The molecular weight excluding hydrogens is 260 g/mol. The van der Waals surface area contributed by atoms with Gasteiger partial charge in [0, 0.05) is 5.69 Å². The first kappa shape index (κ1) is 12.0. The molecule has 2 heterocycles. The van der Waals surface area contributed by atoms with E-state index in [1.54, 1.807) is 24.3 Å². The minimum absolute atomic E-state index is 0.250. The van der Waals surface area contributed by atoms with Crippen LogP contribution in [0.4, 0.5) is 11.4 Å². The Morgan fingerprint density at radius 2 is 2.15 bits per heavy atom. The molecule has 0 saturated heterocycles. The zero-order chi connectivity index (χ0) is 14.1. The van der Waals surface area contributed by atoms with Crippen LogP contribution in [0.2, 0.25) is 0 Å². The van der Waals surface area contributed by atoms with E-state index in [0.29, 0.717) is 22.5 Å². The molecule has 0 radical (unpaired) electrons. The van der Waals surface area contributed by atoms with Gasteiger partial charge in [0.25, 0.3) is 5.91 Å². The summed E-state index contributed by atoms with van der Waals surface area (Å²) in [5.41, 5.74) is 7.71. The molecule has 0 unspecified atom stereocenters. The van der Waals surface area contributed by atoms with Crippen molar-refractivity contribution in [2.75, 3.05) is 11.1 Å². The summed E-state index contributed by atoms with van der Waals surface area (Å²) in [5, 5.41) is 2.67. The molecule has 0 aliphatic heterocycles. The van der Waals surface area contributed by atoms with E-state index in [1.807, 2.05) is 0 Å². The number of rotatable bonds is 2. The molecule has 20 heavy (non-hydrogen) atoms. The van der Waals surface area contributed by atoms with Crippen molar-refractivity contribution >= 4 is 28.4 Å². The molecule has 0 atom stereocenters. The van der Waals surface area contributed by atoms with Gasteiger partial charge in [-0.05, 0) is 30.3 Å². The second kappa shape index (κ2) is 4.54. The Kier molecular flexibility index (Phi) is 2.72. The number of H-pyrrole nitrogens is 1. The van der Waals surface area contributed by atoms with Crippen molar-refractivity contribution in [3.05, 3.63) is 52.8 Å². The zero-order valence-electron chi connectivity index (χ0n) is 10.2. The van der Waals surface area contributed by atoms with Gasteiger partial charge >= 0.3 is 5.76 Å². The average molecular weight is 270 g/mol. The third kappa shape index (κ3) is 2.24. The lowest BCUT2D eigenvalue weighted by Gasteiger charge is -2.04. The number of aromatic amines is 1. The number of carbonyl (C=O) groups excluding carboxylic acids is 1. The number of aromatic nitrogens is 2. The Morgan fingerprint density at radius 1 is 1.30 bits per heavy atom. The summed E-state index contributed by atoms with van der Waals surface area (Å²) in [6, 6.07) is 7.96. The first-order valence-corrected chi connectivity index (χ1v) is 5.77. The average Bonchev–Trinajstić information content (AvgIpc) is 2.78. The highest BCUT2D eigenvalue weighted by molar-refractivity contribution is 6.03. The number of amides is 1. The third-order valence-corrected chi connectivity index (χ3v) is 2.70. The molecule has 0 aliphatic carbocycles. The van der Waals surface area contributed by atoms with Crippen molar-refractivity contribution in [3.8, 4) is 0 Å². The number of pyridine rings is 1. The molecular formula is C13H10N4O3. The van der Waals surface area contributed by atoms with Gasteiger partial charge in [0.1, 0.15) is 5.69 Å². The number of nitrogen functional groups attached to an aromatic ring is 1. The topological polar surface area (TPSA) is 114 Å². The number of carbonyl (C=O) groups is 1. The maximum absolute atomic E-state index is 12.0. The molecule has 7 heteroatoms. The van der Waals surface area contributed by atoms with Crippen LogP contribution in [0.5, 0.6) is 0 Å². The van der Waals surface area contributed by atoms with Gasteiger partial charge in [-0.1, -0.05) is 0 Å². The van der Waals surface area contributed by atoms with Crippen LogP contribution >= 0.6 is 0 Å². The van der Waals surface area contributed by atoms with Gasteiger partial charge in [0.2, 0.25) is 0 Å². The van der Waals surface area contributed by atoms with Crippen molar-refractivity contribution in [2.45, 2.75) is 0 Å². The predicted molar refractivity (Wildman–Crippen MR) is 73.4 cm³/mol. The molecule has 0 fully saturated rings. The lowest BCUT2D eigenvalue weighted by molar-refractivity contribution is 0.102. The fraction of sp³-hybridized carbons (Fsp3) is 0. The first-order valence-electron chi connectivity index (χ1n) is 5.77. The van der Waals surface area contributed by atoms with Gasteiger partial charge < -0.3 is 15.5 Å². The molecule has 4 N–H and O–H groups in total. The normalized spacial score (nSPS) is 10.6. The molecule has 1 aromatic carbocycles. The minimum atomic E-state index is -0.538. The zero-order valence-corrected chi connectivity index (χ0v) is 10.2. The molecule has 3 rings (SSSR count). The Balaban J connectivity index is 1.86. The number of anilines is 2. The van der Waals surface area contributed by atoms with Crippen LogP contribution in [0.25, 0.3) is 11.1 Å². The Morgan fingerprint density at radius 3 is 2.90 bits per heavy atom. The highest BCUT2D eigenvalue weighted by Gasteiger charge is 2.08. The summed E-state index contributed by atoms with van der Waals surface area (Å²) >= 11 is 0. The van der Waals surface area contributed by atoms with E-state index in [2.05, 4.69) is 15.3 Å². The molecule has 100 valence electrons. The van der Waals surface area contributed by atoms with Crippen LogP contribution in [0, 0.1) is 0 Å². The number of benzene rings is 1. The van der Waals surface area contributed by atoms with Gasteiger partial charge in [-0.3, -0.25) is 9.78 Å². The largest absolute Gasteiger partial charge is 0.417 e. The van der Waals surface area contributed by atoms with Crippen molar-refractivity contribution in [3.63, 3.8) is 0 Å². The van der Waals surface area contributed by atoms with Gasteiger partial charge in [0.15, 0.2) is 5.58 Å². The van der Waals surface area contributed by atoms with E-state index < -0.39 is 5.76 Å². The van der Waals surface area contributed by atoms with Crippen LogP contribution in [-0.2, 0) is 0 Å². The van der Waals surface area contributed by atoms with Gasteiger partial charge in [-0.15, -0.1) is 0 Å². The van der Waals surface area contributed by atoms with E-state index in [1.165, 1.54) is 12.3 Å².